The van der Waals surface area contributed by atoms with Crippen LogP contribution in [0.1, 0.15) is 11.1 Å². The second-order valence-corrected chi connectivity index (χ2v) is 3.01. The summed E-state index contributed by atoms with van der Waals surface area (Å²) in [7, 11) is 0. The third-order valence-corrected chi connectivity index (χ3v) is 2.00. The number of nitro groups is 1. The maximum absolute atomic E-state index is 10.7. The molecule has 0 saturated carbocycles. The van der Waals surface area contributed by atoms with Crippen LogP contribution in [0.4, 0.5) is 5.69 Å². The third-order valence-electron chi connectivity index (χ3n) is 2.00. The molecule has 1 aromatic carbocycles. The van der Waals surface area contributed by atoms with E-state index in [2.05, 4.69) is 6.58 Å². The lowest BCUT2D eigenvalue weighted by Crippen LogP contribution is -2.03. The second-order valence-electron chi connectivity index (χ2n) is 3.01. The number of aliphatic carboxylic acids is 1. The summed E-state index contributed by atoms with van der Waals surface area (Å²) in [5, 5.41) is 19.5. The molecule has 0 amide bonds. The number of hydrogen-bond acceptors (Lipinski definition) is 3. The van der Waals surface area contributed by atoms with Gasteiger partial charge in [-0.15, -0.1) is 0 Å². The molecule has 0 aliphatic heterocycles. The molecule has 1 aromatic rings. The normalized spacial score (nSPS) is 9.67. The Kier molecular flexibility index (Phi) is 2.85. The minimum absolute atomic E-state index is 0.0486. The number of carbonyl (C=O) groups is 1. The van der Waals surface area contributed by atoms with Crippen LogP contribution < -0.4 is 0 Å². The zero-order chi connectivity index (χ0) is 11.6. The highest BCUT2D eigenvalue weighted by molar-refractivity contribution is 6.15. The summed E-state index contributed by atoms with van der Waals surface area (Å²) in [6.45, 7) is 4.86. The molecule has 0 fully saturated rings. The fourth-order valence-electron chi connectivity index (χ4n) is 1.26. The van der Waals surface area contributed by atoms with Gasteiger partial charge in [-0.25, -0.2) is 4.79 Å². The monoisotopic (exact) mass is 207 g/mol. The highest BCUT2D eigenvalue weighted by Crippen LogP contribution is 2.28. The average molecular weight is 207 g/mol. The van der Waals surface area contributed by atoms with Gasteiger partial charge in [-0.3, -0.25) is 10.1 Å². The number of carboxylic acids is 1. The number of benzene rings is 1. The summed E-state index contributed by atoms with van der Waals surface area (Å²) in [5.74, 6) is -1.26. The molecule has 0 radical (unpaired) electrons. The van der Waals surface area contributed by atoms with E-state index in [4.69, 9.17) is 5.11 Å². The Morgan fingerprint density at radius 2 is 2.13 bits per heavy atom. The molecule has 1 rings (SSSR count). The molecule has 0 aliphatic rings. The zero-order valence-corrected chi connectivity index (χ0v) is 8.06. The Labute approximate surface area is 85.8 Å². The van der Waals surface area contributed by atoms with Crippen LogP contribution in [-0.4, -0.2) is 16.0 Å². The van der Waals surface area contributed by atoms with Crippen molar-refractivity contribution < 1.29 is 14.8 Å². The molecule has 0 atom stereocenters. The molecule has 0 unspecified atom stereocenters. The van der Waals surface area contributed by atoms with E-state index in [-0.39, 0.29) is 16.8 Å². The van der Waals surface area contributed by atoms with Gasteiger partial charge < -0.3 is 5.11 Å². The van der Waals surface area contributed by atoms with Gasteiger partial charge in [-0.05, 0) is 13.0 Å². The molecule has 0 aliphatic carbocycles. The van der Waals surface area contributed by atoms with E-state index in [0.717, 1.165) is 0 Å². The number of para-hydroxylation sites is 1. The first kappa shape index (κ1) is 10.9. The summed E-state index contributed by atoms with van der Waals surface area (Å²) in [6.07, 6.45) is 0. The van der Waals surface area contributed by atoms with E-state index in [1.54, 1.807) is 19.1 Å². The van der Waals surface area contributed by atoms with Gasteiger partial charge in [-0.2, -0.15) is 0 Å². The SMILES string of the molecule is C=C(C(=O)O)c1cccc(C)c1[N+](=O)[O-]. The predicted octanol–water partition coefficient (Wildman–Crippen LogP) is 2.00. The quantitative estimate of drug-likeness (QED) is 0.467. The standard InChI is InChI=1S/C10H9NO4/c1-6-4-3-5-8(7(2)10(12)13)9(6)11(14)15/h3-5H,2H2,1H3,(H,12,13). The Hall–Kier alpha value is -2.17. The van der Waals surface area contributed by atoms with Crippen molar-refractivity contribution >= 4 is 17.2 Å². The van der Waals surface area contributed by atoms with Gasteiger partial charge in [0, 0.05) is 5.56 Å². The fraction of sp³-hybridized carbons (Fsp3) is 0.100. The lowest BCUT2D eigenvalue weighted by atomic mass is 10.0. The molecular weight excluding hydrogens is 198 g/mol. The number of nitro benzene ring substituents is 1. The van der Waals surface area contributed by atoms with Crippen molar-refractivity contribution in [3.05, 3.63) is 46.0 Å². The number of aryl methyl sites for hydroxylation is 1. The minimum Gasteiger partial charge on any atom is -0.478 e. The van der Waals surface area contributed by atoms with Crippen molar-refractivity contribution in [2.45, 2.75) is 6.92 Å². The van der Waals surface area contributed by atoms with Gasteiger partial charge in [0.05, 0.1) is 16.1 Å². The molecule has 15 heavy (non-hydrogen) atoms. The summed E-state index contributed by atoms with van der Waals surface area (Å²) in [6, 6.07) is 4.49. The van der Waals surface area contributed by atoms with Crippen LogP contribution >= 0.6 is 0 Å². The van der Waals surface area contributed by atoms with Gasteiger partial charge in [0.25, 0.3) is 5.69 Å². The molecule has 0 heterocycles. The average Bonchev–Trinajstić information content (AvgIpc) is 2.15. The number of carboxylic acid groups (broad SMARTS) is 1. The van der Waals surface area contributed by atoms with Crippen molar-refractivity contribution in [3.8, 4) is 0 Å². The summed E-state index contributed by atoms with van der Waals surface area (Å²) in [5.41, 5.74) is -0.0114. The van der Waals surface area contributed by atoms with Crippen LogP contribution in [0.3, 0.4) is 0 Å². The Balaban J connectivity index is 3.42. The molecule has 0 saturated heterocycles. The molecule has 0 bridgehead atoms. The van der Waals surface area contributed by atoms with Gasteiger partial charge in [0.15, 0.2) is 0 Å². The maximum Gasteiger partial charge on any atom is 0.335 e. The van der Waals surface area contributed by atoms with Gasteiger partial charge in [0.1, 0.15) is 0 Å². The summed E-state index contributed by atoms with van der Waals surface area (Å²) < 4.78 is 0. The predicted molar refractivity (Wildman–Crippen MR) is 54.5 cm³/mol. The van der Waals surface area contributed by atoms with Crippen LogP contribution in [0.25, 0.3) is 5.57 Å². The molecule has 5 heteroatoms. The lowest BCUT2D eigenvalue weighted by Gasteiger charge is -2.04. The second kappa shape index (κ2) is 3.91. The Morgan fingerprint density at radius 1 is 1.53 bits per heavy atom. The first-order valence-electron chi connectivity index (χ1n) is 4.11. The van der Waals surface area contributed by atoms with Gasteiger partial charge in [0.2, 0.25) is 0 Å². The highest BCUT2D eigenvalue weighted by Gasteiger charge is 2.21. The first-order valence-corrected chi connectivity index (χ1v) is 4.11. The van der Waals surface area contributed by atoms with E-state index >= 15 is 0 Å². The smallest absolute Gasteiger partial charge is 0.335 e. The Morgan fingerprint density at radius 3 is 2.60 bits per heavy atom. The molecule has 0 spiro atoms. The van der Waals surface area contributed by atoms with E-state index in [0.29, 0.717) is 5.56 Å². The lowest BCUT2D eigenvalue weighted by molar-refractivity contribution is -0.385. The van der Waals surface area contributed by atoms with Crippen molar-refractivity contribution in [1.82, 2.24) is 0 Å². The first-order chi connectivity index (χ1) is 6.95. The number of nitrogens with zero attached hydrogens (tertiary/aromatic N) is 1. The number of hydrogen-bond donors (Lipinski definition) is 1. The third kappa shape index (κ3) is 2.01. The van der Waals surface area contributed by atoms with E-state index in [1.807, 2.05) is 0 Å². The topological polar surface area (TPSA) is 80.4 Å². The molecular formula is C10H9NO4. The van der Waals surface area contributed by atoms with Crippen molar-refractivity contribution in [2.75, 3.05) is 0 Å². The van der Waals surface area contributed by atoms with Gasteiger partial charge >= 0.3 is 5.97 Å². The van der Waals surface area contributed by atoms with Crippen LogP contribution in [0, 0.1) is 17.0 Å². The highest BCUT2D eigenvalue weighted by atomic mass is 16.6. The van der Waals surface area contributed by atoms with Crippen LogP contribution in [-0.2, 0) is 4.79 Å². The zero-order valence-electron chi connectivity index (χ0n) is 8.06. The van der Waals surface area contributed by atoms with Crippen molar-refractivity contribution in [2.24, 2.45) is 0 Å². The van der Waals surface area contributed by atoms with E-state index in [9.17, 15) is 14.9 Å². The van der Waals surface area contributed by atoms with Crippen molar-refractivity contribution in [1.29, 1.82) is 0 Å². The Bertz CT molecular complexity index is 451. The number of rotatable bonds is 3. The summed E-state index contributed by atoms with van der Waals surface area (Å²) in [4.78, 5) is 20.8. The molecule has 1 N–H and O–H groups in total. The minimum atomic E-state index is -1.26. The van der Waals surface area contributed by atoms with E-state index in [1.165, 1.54) is 6.07 Å². The summed E-state index contributed by atoms with van der Waals surface area (Å²) >= 11 is 0. The fourth-order valence-corrected chi connectivity index (χ4v) is 1.26. The molecule has 78 valence electrons. The van der Waals surface area contributed by atoms with Gasteiger partial charge in [-0.1, -0.05) is 18.7 Å². The maximum atomic E-state index is 10.7. The largest absolute Gasteiger partial charge is 0.478 e. The van der Waals surface area contributed by atoms with Crippen LogP contribution in [0.15, 0.2) is 24.8 Å². The van der Waals surface area contributed by atoms with Crippen LogP contribution in [0.5, 0.6) is 0 Å². The van der Waals surface area contributed by atoms with Crippen LogP contribution in [0.2, 0.25) is 0 Å². The molecule has 0 aromatic heterocycles. The van der Waals surface area contributed by atoms with Crippen molar-refractivity contribution in [3.63, 3.8) is 0 Å². The molecule has 5 nitrogen and oxygen atoms in total. The van der Waals surface area contributed by atoms with E-state index < -0.39 is 10.9 Å².